The molecule has 3 heteroatoms. The molecule has 9 heavy (non-hydrogen) atoms. The SMILES string of the molecule is CC(O)C1COCC[N]1. The molecule has 1 aliphatic rings. The molecule has 1 aliphatic heterocycles. The van der Waals surface area contributed by atoms with Crippen molar-refractivity contribution in [3.8, 4) is 0 Å². The highest BCUT2D eigenvalue weighted by molar-refractivity contribution is 4.73. The van der Waals surface area contributed by atoms with E-state index in [0.29, 0.717) is 13.2 Å². The Morgan fingerprint density at radius 1 is 1.78 bits per heavy atom. The summed E-state index contributed by atoms with van der Waals surface area (Å²) >= 11 is 0. The highest BCUT2D eigenvalue weighted by Crippen LogP contribution is 1.99. The maximum Gasteiger partial charge on any atom is 0.0737 e. The Bertz CT molecular complexity index is 79.1. The molecule has 0 aromatic carbocycles. The molecule has 3 nitrogen and oxygen atoms in total. The van der Waals surface area contributed by atoms with Crippen molar-refractivity contribution in [1.82, 2.24) is 5.32 Å². The molecule has 1 N–H and O–H groups in total. The first kappa shape index (κ1) is 6.99. The van der Waals surface area contributed by atoms with E-state index in [9.17, 15) is 0 Å². The van der Waals surface area contributed by atoms with Gasteiger partial charge in [0.05, 0.1) is 25.4 Å². The average molecular weight is 130 g/mol. The van der Waals surface area contributed by atoms with Gasteiger partial charge in [0.2, 0.25) is 0 Å². The van der Waals surface area contributed by atoms with Gasteiger partial charge in [-0.25, -0.2) is 5.32 Å². The van der Waals surface area contributed by atoms with Crippen LogP contribution in [0.4, 0.5) is 0 Å². The predicted molar refractivity (Wildman–Crippen MR) is 33.3 cm³/mol. The van der Waals surface area contributed by atoms with Crippen LogP contribution in [0.3, 0.4) is 0 Å². The minimum absolute atomic E-state index is 0.0127. The first-order valence-electron chi connectivity index (χ1n) is 3.23. The van der Waals surface area contributed by atoms with Gasteiger partial charge in [0, 0.05) is 6.54 Å². The third kappa shape index (κ3) is 1.93. The van der Waals surface area contributed by atoms with Gasteiger partial charge in [-0.15, -0.1) is 0 Å². The summed E-state index contributed by atoms with van der Waals surface area (Å²) in [7, 11) is 0. The second-order valence-corrected chi connectivity index (χ2v) is 2.29. The minimum Gasteiger partial charge on any atom is -0.392 e. The molecule has 0 bridgehead atoms. The first-order chi connectivity index (χ1) is 4.30. The molecule has 53 valence electrons. The van der Waals surface area contributed by atoms with E-state index in [0.717, 1.165) is 6.54 Å². The molecule has 1 heterocycles. The number of ether oxygens (including phenoxy) is 1. The summed E-state index contributed by atoms with van der Waals surface area (Å²) in [5.41, 5.74) is 0. The lowest BCUT2D eigenvalue weighted by Crippen LogP contribution is -2.42. The molecular formula is C6H12NO2. The Balaban J connectivity index is 2.23. The largest absolute Gasteiger partial charge is 0.392 e. The molecule has 2 unspecified atom stereocenters. The molecule has 1 radical (unpaired) electrons. The maximum atomic E-state index is 9.00. The Labute approximate surface area is 55.0 Å². The lowest BCUT2D eigenvalue weighted by atomic mass is 10.2. The maximum absolute atomic E-state index is 9.00. The van der Waals surface area contributed by atoms with E-state index in [1.54, 1.807) is 6.92 Å². The molecular weight excluding hydrogens is 118 g/mol. The van der Waals surface area contributed by atoms with E-state index in [1.807, 2.05) is 0 Å². The van der Waals surface area contributed by atoms with Crippen molar-refractivity contribution in [2.75, 3.05) is 19.8 Å². The van der Waals surface area contributed by atoms with E-state index in [-0.39, 0.29) is 12.1 Å². The van der Waals surface area contributed by atoms with Gasteiger partial charge in [-0.1, -0.05) is 0 Å². The zero-order valence-electron chi connectivity index (χ0n) is 5.58. The van der Waals surface area contributed by atoms with Crippen LogP contribution in [0.25, 0.3) is 0 Å². The topological polar surface area (TPSA) is 43.6 Å². The van der Waals surface area contributed by atoms with Crippen LogP contribution >= 0.6 is 0 Å². The minimum atomic E-state index is -0.356. The van der Waals surface area contributed by atoms with Crippen LogP contribution in [-0.4, -0.2) is 37.0 Å². The second kappa shape index (κ2) is 3.15. The summed E-state index contributed by atoms with van der Waals surface area (Å²) in [6.45, 7) is 3.76. The lowest BCUT2D eigenvalue weighted by molar-refractivity contribution is 0.0230. The van der Waals surface area contributed by atoms with E-state index >= 15 is 0 Å². The molecule has 0 saturated carbocycles. The monoisotopic (exact) mass is 130 g/mol. The summed E-state index contributed by atoms with van der Waals surface area (Å²) in [5.74, 6) is 0. The van der Waals surface area contributed by atoms with Crippen LogP contribution in [0.15, 0.2) is 0 Å². The number of hydrogen-bond donors (Lipinski definition) is 1. The molecule has 1 rings (SSSR count). The van der Waals surface area contributed by atoms with Crippen LogP contribution in [-0.2, 0) is 4.74 Å². The van der Waals surface area contributed by atoms with E-state index in [4.69, 9.17) is 9.84 Å². The number of hydrogen-bond acceptors (Lipinski definition) is 2. The highest BCUT2D eigenvalue weighted by Gasteiger charge is 2.18. The van der Waals surface area contributed by atoms with Gasteiger partial charge in [-0.05, 0) is 6.92 Å². The van der Waals surface area contributed by atoms with Crippen molar-refractivity contribution < 1.29 is 9.84 Å². The molecule has 0 amide bonds. The van der Waals surface area contributed by atoms with Crippen LogP contribution in [0.1, 0.15) is 6.92 Å². The molecule has 0 spiro atoms. The average Bonchev–Trinajstić information content (AvgIpc) is 1.90. The molecule has 0 aromatic heterocycles. The van der Waals surface area contributed by atoms with Gasteiger partial charge < -0.3 is 9.84 Å². The first-order valence-corrected chi connectivity index (χ1v) is 3.23. The van der Waals surface area contributed by atoms with Crippen molar-refractivity contribution in [3.63, 3.8) is 0 Å². The Morgan fingerprint density at radius 2 is 2.56 bits per heavy atom. The van der Waals surface area contributed by atoms with Crippen molar-refractivity contribution in [2.24, 2.45) is 0 Å². The van der Waals surface area contributed by atoms with Crippen LogP contribution in [0, 0.1) is 0 Å². The van der Waals surface area contributed by atoms with Gasteiger partial charge in [0.15, 0.2) is 0 Å². The number of aliphatic hydroxyl groups is 1. The van der Waals surface area contributed by atoms with E-state index in [2.05, 4.69) is 5.32 Å². The highest BCUT2D eigenvalue weighted by atomic mass is 16.5. The number of rotatable bonds is 1. The predicted octanol–water partition coefficient (Wildman–Crippen LogP) is -0.630. The summed E-state index contributed by atoms with van der Waals surface area (Å²) in [5, 5.41) is 13.2. The zero-order valence-corrected chi connectivity index (χ0v) is 5.58. The van der Waals surface area contributed by atoms with Gasteiger partial charge in [-0.3, -0.25) is 0 Å². The molecule has 1 fully saturated rings. The zero-order chi connectivity index (χ0) is 6.69. The third-order valence-corrected chi connectivity index (χ3v) is 1.44. The summed E-state index contributed by atoms with van der Waals surface area (Å²) < 4.78 is 5.09. The van der Waals surface area contributed by atoms with Crippen LogP contribution in [0.2, 0.25) is 0 Å². The van der Waals surface area contributed by atoms with E-state index in [1.165, 1.54) is 0 Å². The lowest BCUT2D eigenvalue weighted by Gasteiger charge is -2.23. The Morgan fingerprint density at radius 3 is 2.89 bits per heavy atom. The Kier molecular flexibility index (Phi) is 2.45. The van der Waals surface area contributed by atoms with Gasteiger partial charge >= 0.3 is 0 Å². The van der Waals surface area contributed by atoms with Crippen molar-refractivity contribution in [2.45, 2.75) is 19.1 Å². The molecule has 0 aromatic rings. The fourth-order valence-electron chi connectivity index (χ4n) is 0.832. The number of aliphatic hydroxyl groups excluding tert-OH is 1. The van der Waals surface area contributed by atoms with Crippen molar-refractivity contribution in [3.05, 3.63) is 0 Å². The van der Waals surface area contributed by atoms with Gasteiger partial charge in [0.1, 0.15) is 0 Å². The second-order valence-electron chi connectivity index (χ2n) is 2.29. The van der Waals surface area contributed by atoms with Gasteiger partial charge in [0.25, 0.3) is 0 Å². The van der Waals surface area contributed by atoms with Crippen LogP contribution in [0.5, 0.6) is 0 Å². The fourth-order valence-corrected chi connectivity index (χ4v) is 0.832. The van der Waals surface area contributed by atoms with Crippen molar-refractivity contribution in [1.29, 1.82) is 0 Å². The quantitative estimate of drug-likeness (QED) is 0.513. The van der Waals surface area contributed by atoms with Gasteiger partial charge in [-0.2, -0.15) is 0 Å². The summed E-state index contributed by atoms with van der Waals surface area (Å²) in [4.78, 5) is 0. The third-order valence-electron chi connectivity index (χ3n) is 1.44. The number of morpholine rings is 1. The summed E-state index contributed by atoms with van der Waals surface area (Å²) in [6.07, 6.45) is -0.356. The normalized spacial score (nSPS) is 32.0. The van der Waals surface area contributed by atoms with E-state index < -0.39 is 0 Å². The number of nitrogens with zero attached hydrogens (tertiary/aromatic N) is 1. The summed E-state index contributed by atoms with van der Waals surface area (Å²) in [6, 6.07) is 0.0127. The van der Waals surface area contributed by atoms with Crippen LogP contribution < -0.4 is 5.32 Å². The van der Waals surface area contributed by atoms with Crippen molar-refractivity contribution >= 4 is 0 Å². The standard InChI is InChI=1S/C6H12NO2/c1-5(8)6-4-9-3-2-7-6/h5-6,8H,2-4H2,1H3. The molecule has 0 aliphatic carbocycles. The smallest absolute Gasteiger partial charge is 0.0737 e. The fraction of sp³-hybridized carbons (Fsp3) is 1.00. The molecule has 2 atom stereocenters. The Hall–Kier alpha value is -0.120. The molecule has 1 saturated heterocycles.